The maximum Gasteiger partial charge on any atom is 0.317 e. The lowest BCUT2D eigenvalue weighted by Crippen LogP contribution is -2.46. The van der Waals surface area contributed by atoms with Crippen molar-refractivity contribution in [3.8, 4) is 0 Å². The highest BCUT2D eigenvalue weighted by Gasteiger charge is 2.28. The zero-order valence-corrected chi connectivity index (χ0v) is 14.5. The smallest absolute Gasteiger partial charge is 0.317 e. The zero-order chi connectivity index (χ0) is 17.0. The molecule has 1 aliphatic rings. The molecule has 1 fully saturated rings. The van der Waals surface area contributed by atoms with Crippen LogP contribution < -0.4 is 5.32 Å². The second kappa shape index (κ2) is 7.29. The summed E-state index contributed by atoms with van der Waals surface area (Å²) in [4.78, 5) is 18.4. The predicted octanol–water partition coefficient (Wildman–Crippen LogP) is 2.06. The Kier molecular flexibility index (Phi) is 5.62. The summed E-state index contributed by atoms with van der Waals surface area (Å²) < 4.78 is 5.22. The van der Waals surface area contributed by atoms with Gasteiger partial charge in [-0.05, 0) is 38.5 Å². The summed E-state index contributed by atoms with van der Waals surface area (Å²) in [6.45, 7) is 9.61. The molecule has 2 heterocycles. The standard InChI is InChI=1S/C16H28N4O3/c1-11(21)9-16(3,4)10-17-15(22)20-7-5-13(6-8-20)14-18-12(2)19-23-14/h11,13,21H,5-10H2,1-4H3,(H,17,22). The van der Waals surface area contributed by atoms with Crippen LogP contribution in [-0.2, 0) is 0 Å². The van der Waals surface area contributed by atoms with E-state index in [1.54, 1.807) is 6.92 Å². The molecular weight excluding hydrogens is 296 g/mol. The number of urea groups is 1. The predicted molar refractivity (Wildman–Crippen MR) is 86.1 cm³/mol. The van der Waals surface area contributed by atoms with Gasteiger partial charge in [0.2, 0.25) is 5.89 Å². The molecule has 1 unspecified atom stereocenters. The molecule has 1 aliphatic heterocycles. The van der Waals surface area contributed by atoms with Crippen LogP contribution in [0.15, 0.2) is 4.52 Å². The van der Waals surface area contributed by atoms with Crippen LogP contribution in [0.25, 0.3) is 0 Å². The Balaban J connectivity index is 1.77. The van der Waals surface area contributed by atoms with Crippen LogP contribution in [0.4, 0.5) is 4.79 Å². The summed E-state index contributed by atoms with van der Waals surface area (Å²) in [5, 5.41) is 16.3. The van der Waals surface area contributed by atoms with Crippen LogP contribution in [0, 0.1) is 12.3 Å². The number of likely N-dealkylation sites (tertiary alicyclic amines) is 1. The van der Waals surface area contributed by atoms with Crippen LogP contribution in [-0.4, -0.2) is 51.9 Å². The van der Waals surface area contributed by atoms with Gasteiger partial charge in [-0.2, -0.15) is 4.98 Å². The van der Waals surface area contributed by atoms with Gasteiger partial charge >= 0.3 is 6.03 Å². The number of aromatic nitrogens is 2. The average Bonchev–Trinajstić information content (AvgIpc) is 2.90. The molecule has 0 radical (unpaired) electrons. The van der Waals surface area contributed by atoms with Crippen molar-refractivity contribution in [2.24, 2.45) is 5.41 Å². The molecule has 0 saturated carbocycles. The van der Waals surface area contributed by atoms with Gasteiger partial charge < -0.3 is 19.8 Å². The van der Waals surface area contributed by atoms with E-state index < -0.39 is 0 Å². The van der Waals surface area contributed by atoms with Crippen LogP contribution in [0.5, 0.6) is 0 Å². The number of nitrogens with zero attached hydrogens (tertiary/aromatic N) is 3. The van der Waals surface area contributed by atoms with Gasteiger partial charge in [0.05, 0.1) is 6.10 Å². The third-order valence-corrected chi connectivity index (χ3v) is 4.24. The average molecular weight is 324 g/mol. The highest BCUT2D eigenvalue weighted by atomic mass is 16.5. The second-order valence-corrected chi connectivity index (χ2v) is 7.32. The first kappa shape index (κ1) is 17.7. The van der Waals surface area contributed by atoms with Gasteiger partial charge in [0.15, 0.2) is 5.82 Å². The monoisotopic (exact) mass is 324 g/mol. The minimum Gasteiger partial charge on any atom is -0.393 e. The van der Waals surface area contributed by atoms with Crippen molar-refractivity contribution in [3.63, 3.8) is 0 Å². The number of aliphatic hydroxyl groups is 1. The SMILES string of the molecule is Cc1noc(C2CCN(C(=O)NCC(C)(C)CC(C)O)CC2)n1. The Hall–Kier alpha value is -1.63. The summed E-state index contributed by atoms with van der Waals surface area (Å²) in [6, 6.07) is -0.0381. The third-order valence-electron chi connectivity index (χ3n) is 4.24. The normalized spacial score (nSPS) is 18.0. The summed E-state index contributed by atoms with van der Waals surface area (Å²) in [5.41, 5.74) is -0.122. The lowest BCUT2D eigenvalue weighted by Gasteiger charge is -2.32. The van der Waals surface area contributed by atoms with Gasteiger partial charge in [0.25, 0.3) is 0 Å². The van der Waals surface area contributed by atoms with Gasteiger partial charge in [0.1, 0.15) is 0 Å². The number of piperidine rings is 1. The van der Waals surface area contributed by atoms with Gasteiger partial charge in [-0.3, -0.25) is 0 Å². The van der Waals surface area contributed by atoms with Crippen molar-refractivity contribution in [1.29, 1.82) is 0 Å². The Morgan fingerprint density at radius 1 is 1.48 bits per heavy atom. The topological polar surface area (TPSA) is 91.5 Å². The molecule has 2 rings (SSSR count). The molecule has 7 nitrogen and oxygen atoms in total. The number of aliphatic hydroxyl groups excluding tert-OH is 1. The molecule has 1 aromatic rings. The molecule has 0 aliphatic carbocycles. The first-order chi connectivity index (χ1) is 10.8. The number of hydrogen-bond acceptors (Lipinski definition) is 5. The van der Waals surface area contributed by atoms with E-state index in [1.165, 1.54) is 0 Å². The number of amides is 2. The molecule has 1 aromatic heterocycles. The Morgan fingerprint density at radius 2 is 2.13 bits per heavy atom. The van der Waals surface area contributed by atoms with E-state index in [9.17, 15) is 9.90 Å². The van der Waals surface area contributed by atoms with Crippen LogP contribution >= 0.6 is 0 Å². The van der Waals surface area contributed by atoms with Gasteiger partial charge in [0, 0.05) is 25.6 Å². The summed E-state index contributed by atoms with van der Waals surface area (Å²) in [5.74, 6) is 1.58. The summed E-state index contributed by atoms with van der Waals surface area (Å²) in [7, 11) is 0. The maximum absolute atomic E-state index is 12.3. The van der Waals surface area contributed by atoms with Crippen molar-refractivity contribution in [2.75, 3.05) is 19.6 Å². The fourth-order valence-corrected chi connectivity index (χ4v) is 3.11. The van der Waals surface area contributed by atoms with E-state index in [0.717, 1.165) is 12.8 Å². The van der Waals surface area contributed by atoms with E-state index in [0.29, 0.717) is 37.8 Å². The summed E-state index contributed by atoms with van der Waals surface area (Å²) >= 11 is 0. The van der Waals surface area contributed by atoms with Crippen LogP contribution in [0.3, 0.4) is 0 Å². The Labute approximate surface area is 137 Å². The number of carbonyl (C=O) groups excluding carboxylic acids is 1. The van der Waals surface area contributed by atoms with E-state index in [4.69, 9.17) is 4.52 Å². The maximum atomic E-state index is 12.3. The highest BCUT2D eigenvalue weighted by molar-refractivity contribution is 5.74. The molecule has 0 aromatic carbocycles. The van der Waals surface area contributed by atoms with Crippen molar-refractivity contribution in [2.45, 2.75) is 59.0 Å². The lowest BCUT2D eigenvalue weighted by molar-refractivity contribution is 0.125. The Morgan fingerprint density at radius 3 is 2.65 bits per heavy atom. The van der Waals surface area contributed by atoms with E-state index in [2.05, 4.69) is 15.5 Å². The van der Waals surface area contributed by atoms with Crippen molar-refractivity contribution >= 4 is 6.03 Å². The van der Waals surface area contributed by atoms with Gasteiger partial charge in [-0.1, -0.05) is 19.0 Å². The van der Waals surface area contributed by atoms with Crippen molar-refractivity contribution in [3.05, 3.63) is 11.7 Å². The van der Waals surface area contributed by atoms with Crippen molar-refractivity contribution < 1.29 is 14.4 Å². The summed E-state index contributed by atoms with van der Waals surface area (Å²) in [6.07, 6.45) is 1.97. The molecular formula is C16H28N4O3. The minimum absolute atomic E-state index is 0.0381. The lowest BCUT2D eigenvalue weighted by atomic mass is 9.87. The molecule has 2 amide bonds. The van der Waals surface area contributed by atoms with Crippen LogP contribution in [0.2, 0.25) is 0 Å². The first-order valence-corrected chi connectivity index (χ1v) is 8.28. The largest absolute Gasteiger partial charge is 0.393 e. The van der Waals surface area contributed by atoms with E-state index in [1.807, 2.05) is 25.7 Å². The number of aryl methyl sites for hydroxylation is 1. The number of carbonyl (C=O) groups is 1. The molecule has 0 bridgehead atoms. The molecule has 0 spiro atoms. The molecule has 7 heteroatoms. The van der Waals surface area contributed by atoms with Gasteiger partial charge in [-0.25, -0.2) is 4.79 Å². The molecule has 1 saturated heterocycles. The molecule has 2 N–H and O–H groups in total. The fourth-order valence-electron chi connectivity index (χ4n) is 3.11. The number of nitrogens with one attached hydrogen (secondary N) is 1. The third kappa shape index (κ3) is 5.20. The molecule has 1 atom stereocenters. The second-order valence-electron chi connectivity index (χ2n) is 7.32. The van der Waals surface area contributed by atoms with Crippen LogP contribution in [0.1, 0.15) is 57.7 Å². The fraction of sp³-hybridized carbons (Fsp3) is 0.812. The number of hydrogen-bond donors (Lipinski definition) is 2. The van der Waals surface area contributed by atoms with Gasteiger partial charge in [-0.15, -0.1) is 0 Å². The number of rotatable bonds is 5. The molecule has 130 valence electrons. The highest BCUT2D eigenvalue weighted by Crippen LogP contribution is 2.27. The van der Waals surface area contributed by atoms with Crippen molar-refractivity contribution in [1.82, 2.24) is 20.4 Å². The minimum atomic E-state index is -0.365. The quantitative estimate of drug-likeness (QED) is 0.865. The van der Waals surface area contributed by atoms with E-state index >= 15 is 0 Å². The molecule has 23 heavy (non-hydrogen) atoms. The Bertz CT molecular complexity index is 519. The first-order valence-electron chi connectivity index (χ1n) is 8.28. The zero-order valence-electron chi connectivity index (χ0n) is 14.5. The van der Waals surface area contributed by atoms with E-state index in [-0.39, 0.29) is 23.5 Å².